The topological polar surface area (TPSA) is 62.2 Å². The van der Waals surface area contributed by atoms with Gasteiger partial charge in [-0.05, 0) is 31.0 Å². The van der Waals surface area contributed by atoms with Crippen LogP contribution >= 0.6 is 11.3 Å². The summed E-state index contributed by atoms with van der Waals surface area (Å²) in [6, 6.07) is 8.07. The van der Waals surface area contributed by atoms with Crippen LogP contribution in [-0.4, -0.2) is 17.6 Å². The first-order chi connectivity index (χ1) is 10.1. The smallest absolute Gasteiger partial charge is 0.119 e. The van der Waals surface area contributed by atoms with Crippen LogP contribution in [0.4, 0.5) is 0 Å². The molecule has 0 radical (unpaired) electrons. The lowest BCUT2D eigenvalue weighted by molar-refractivity contribution is -0.254. The molecule has 2 rings (SSSR count). The van der Waals surface area contributed by atoms with Crippen molar-refractivity contribution in [2.24, 2.45) is 0 Å². The van der Waals surface area contributed by atoms with Crippen molar-refractivity contribution in [2.45, 2.75) is 33.1 Å². The number of carboxylic acids is 1. The number of carboxylic acid groups (broad SMARTS) is 1. The fourth-order valence-electron chi connectivity index (χ4n) is 2.05. The molecular weight excluding hydrogens is 286 g/mol. The molecule has 0 N–H and O–H groups in total. The summed E-state index contributed by atoms with van der Waals surface area (Å²) in [4.78, 5) is 15.3. The average molecular weight is 304 g/mol. The third kappa shape index (κ3) is 4.29. The van der Waals surface area contributed by atoms with E-state index in [4.69, 9.17) is 4.74 Å². The molecule has 0 aliphatic heterocycles. The fourth-order valence-corrected chi connectivity index (χ4v) is 2.93. The SMILES string of the molecule is CCCc1ccc(OCCc2nc(C)c(C(=O)[O-])s2)cc1. The number of aromatic carboxylic acids is 1. The molecule has 1 aromatic carbocycles. The van der Waals surface area contributed by atoms with Crippen molar-refractivity contribution >= 4 is 17.3 Å². The standard InChI is InChI=1S/C16H19NO3S/c1-3-4-12-5-7-13(8-6-12)20-10-9-14-17-11(2)15(21-14)16(18)19/h5-8H,3-4,9-10H2,1-2H3,(H,18,19)/p-1. The van der Waals surface area contributed by atoms with E-state index in [9.17, 15) is 9.90 Å². The van der Waals surface area contributed by atoms with Crippen LogP contribution in [0.15, 0.2) is 24.3 Å². The number of carbonyl (C=O) groups excluding carboxylic acids is 1. The van der Waals surface area contributed by atoms with Gasteiger partial charge >= 0.3 is 0 Å². The molecule has 0 fully saturated rings. The Morgan fingerprint density at radius 1 is 1.29 bits per heavy atom. The largest absolute Gasteiger partial charge is 0.544 e. The highest BCUT2D eigenvalue weighted by Gasteiger charge is 2.08. The predicted octanol–water partition coefficient (Wildman–Crippen LogP) is 2.39. The molecule has 112 valence electrons. The summed E-state index contributed by atoms with van der Waals surface area (Å²) >= 11 is 1.16. The van der Waals surface area contributed by atoms with Crippen LogP contribution < -0.4 is 9.84 Å². The van der Waals surface area contributed by atoms with Crippen LogP contribution in [-0.2, 0) is 12.8 Å². The molecule has 0 aliphatic rings. The van der Waals surface area contributed by atoms with E-state index in [1.807, 2.05) is 12.1 Å². The van der Waals surface area contributed by atoms with Crippen molar-refractivity contribution < 1.29 is 14.6 Å². The van der Waals surface area contributed by atoms with Crippen LogP contribution in [0, 0.1) is 6.92 Å². The number of benzene rings is 1. The molecule has 0 unspecified atom stereocenters. The minimum Gasteiger partial charge on any atom is -0.544 e. The molecule has 0 saturated heterocycles. The first-order valence-corrected chi connectivity index (χ1v) is 7.81. The number of hydrogen-bond donors (Lipinski definition) is 0. The van der Waals surface area contributed by atoms with Gasteiger partial charge in [0.2, 0.25) is 0 Å². The summed E-state index contributed by atoms with van der Waals surface area (Å²) in [5.74, 6) is -0.341. The van der Waals surface area contributed by atoms with Gasteiger partial charge in [0.15, 0.2) is 0 Å². The van der Waals surface area contributed by atoms with E-state index in [2.05, 4.69) is 24.0 Å². The minimum absolute atomic E-state index is 0.203. The highest BCUT2D eigenvalue weighted by atomic mass is 32.1. The quantitative estimate of drug-likeness (QED) is 0.788. The molecule has 0 spiro atoms. The van der Waals surface area contributed by atoms with E-state index in [0.29, 0.717) is 18.7 Å². The van der Waals surface area contributed by atoms with Gasteiger partial charge in [0.05, 0.1) is 28.2 Å². The Hall–Kier alpha value is -1.88. The van der Waals surface area contributed by atoms with Crippen molar-refractivity contribution in [1.29, 1.82) is 0 Å². The van der Waals surface area contributed by atoms with Crippen molar-refractivity contribution in [3.8, 4) is 5.75 Å². The summed E-state index contributed by atoms with van der Waals surface area (Å²) < 4.78 is 5.66. The second-order valence-corrected chi connectivity index (χ2v) is 5.89. The number of aryl methyl sites for hydroxylation is 2. The molecule has 0 atom stereocenters. The molecule has 4 nitrogen and oxygen atoms in total. The average Bonchev–Trinajstić information content (AvgIpc) is 2.82. The van der Waals surface area contributed by atoms with Crippen LogP contribution in [0.2, 0.25) is 0 Å². The first kappa shape index (κ1) is 15.5. The number of rotatable bonds is 7. The Morgan fingerprint density at radius 2 is 2.00 bits per heavy atom. The third-order valence-electron chi connectivity index (χ3n) is 3.07. The zero-order chi connectivity index (χ0) is 15.2. The van der Waals surface area contributed by atoms with Crippen molar-refractivity contribution in [2.75, 3.05) is 6.61 Å². The lowest BCUT2D eigenvalue weighted by Gasteiger charge is -2.06. The highest BCUT2D eigenvalue weighted by molar-refractivity contribution is 7.13. The van der Waals surface area contributed by atoms with E-state index in [1.165, 1.54) is 5.56 Å². The van der Waals surface area contributed by atoms with Gasteiger partial charge in [0, 0.05) is 6.42 Å². The highest BCUT2D eigenvalue weighted by Crippen LogP contribution is 2.18. The number of hydrogen-bond acceptors (Lipinski definition) is 5. The van der Waals surface area contributed by atoms with Crippen molar-refractivity contribution in [1.82, 2.24) is 4.98 Å². The summed E-state index contributed by atoms with van der Waals surface area (Å²) in [6.45, 7) is 4.31. The zero-order valence-electron chi connectivity index (χ0n) is 12.2. The number of ether oxygens (including phenoxy) is 1. The second kappa shape index (κ2) is 7.22. The van der Waals surface area contributed by atoms with Crippen LogP contribution in [0.1, 0.15) is 39.3 Å². The first-order valence-electron chi connectivity index (χ1n) is 6.99. The van der Waals surface area contributed by atoms with Gasteiger partial charge in [0.25, 0.3) is 0 Å². The summed E-state index contributed by atoms with van der Waals surface area (Å²) in [6.07, 6.45) is 2.80. The van der Waals surface area contributed by atoms with Crippen LogP contribution in [0.5, 0.6) is 5.75 Å². The molecule has 0 bridgehead atoms. The normalized spacial score (nSPS) is 10.6. The third-order valence-corrected chi connectivity index (χ3v) is 4.27. The van der Waals surface area contributed by atoms with E-state index < -0.39 is 5.97 Å². The molecular formula is C16H18NO3S-. The van der Waals surface area contributed by atoms with Crippen molar-refractivity contribution in [3.63, 3.8) is 0 Å². The van der Waals surface area contributed by atoms with Gasteiger partial charge in [-0.2, -0.15) is 0 Å². The monoisotopic (exact) mass is 304 g/mol. The Morgan fingerprint density at radius 3 is 2.57 bits per heavy atom. The van der Waals surface area contributed by atoms with E-state index in [-0.39, 0.29) is 4.88 Å². The van der Waals surface area contributed by atoms with Gasteiger partial charge < -0.3 is 14.6 Å². The maximum absolute atomic E-state index is 10.8. The molecule has 0 saturated carbocycles. The number of thiazole rings is 1. The molecule has 1 aromatic heterocycles. The number of aromatic nitrogens is 1. The molecule has 0 aliphatic carbocycles. The fraction of sp³-hybridized carbons (Fsp3) is 0.375. The summed E-state index contributed by atoms with van der Waals surface area (Å²) in [5, 5.41) is 11.6. The Labute approximate surface area is 128 Å². The molecule has 1 heterocycles. The van der Waals surface area contributed by atoms with E-state index in [0.717, 1.165) is 34.9 Å². The Bertz CT molecular complexity index is 604. The number of carbonyl (C=O) groups is 1. The molecule has 0 amide bonds. The maximum atomic E-state index is 10.8. The molecule has 21 heavy (non-hydrogen) atoms. The van der Waals surface area contributed by atoms with Gasteiger partial charge in [-0.25, -0.2) is 4.98 Å². The van der Waals surface area contributed by atoms with Gasteiger partial charge in [0.1, 0.15) is 5.75 Å². The van der Waals surface area contributed by atoms with Crippen LogP contribution in [0.25, 0.3) is 0 Å². The molecule has 2 aromatic rings. The van der Waals surface area contributed by atoms with Gasteiger partial charge in [-0.15, -0.1) is 11.3 Å². The van der Waals surface area contributed by atoms with Gasteiger partial charge in [-0.3, -0.25) is 0 Å². The summed E-state index contributed by atoms with van der Waals surface area (Å²) in [7, 11) is 0. The predicted molar refractivity (Wildman–Crippen MR) is 80.8 cm³/mol. The van der Waals surface area contributed by atoms with E-state index in [1.54, 1.807) is 6.92 Å². The van der Waals surface area contributed by atoms with Crippen LogP contribution in [0.3, 0.4) is 0 Å². The molecule has 5 heteroatoms. The van der Waals surface area contributed by atoms with E-state index >= 15 is 0 Å². The maximum Gasteiger partial charge on any atom is 0.119 e. The second-order valence-electron chi connectivity index (χ2n) is 4.80. The Kier molecular flexibility index (Phi) is 5.33. The Balaban J connectivity index is 1.86. The minimum atomic E-state index is -1.16. The lowest BCUT2D eigenvalue weighted by atomic mass is 10.1. The van der Waals surface area contributed by atoms with Gasteiger partial charge in [-0.1, -0.05) is 25.5 Å². The number of nitrogens with zero attached hydrogens (tertiary/aromatic N) is 1. The zero-order valence-corrected chi connectivity index (χ0v) is 13.0. The lowest BCUT2D eigenvalue weighted by Crippen LogP contribution is -2.21. The van der Waals surface area contributed by atoms with Crippen molar-refractivity contribution in [3.05, 3.63) is 45.4 Å². The summed E-state index contributed by atoms with van der Waals surface area (Å²) in [5.41, 5.74) is 1.82.